The van der Waals surface area contributed by atoms with Gasteiger partial charge in [-0.25, -0.2) is 4.57 Å². The van der Waals surface area contributed by atoms with Gasteiger partial charge in [0.15, 0.2) is 0 Å². The summed E-state index contributed by atoms with van der Waals surface area (Å²) >= 11 is 0. The second-order valence-corrected chi connectivity index (χ2v) is 16.6. The van der Waals surface area contributed by atoms with Crippen LogP contribution in [0.3, 0.4) is 0 Å². The molecule has 0 aliphatic carbocycles. The number of carbonyl (C=O) groups excluding carboxylic acids is 1. The second-order valence-electron chi connectivity index (χ2n) is 15.2. The summed E-state index contributed by atoms with van der Waals surface area (Å²) in [5, 5.41) is 8.90. The van der Waals surface area contributed by atoms with Gasteiger partial charge in [-0.05, 0) is 64.2 Å². The molecule has 0 heterocycles. The fourth-order valence-electron chi connectivity index (χ4n) is 5.97. The Labute approximate surface area is 359 Å². The Bertz CT molecular complexity index is 1210. The van der Waals surface area contributed by atoms with Crippen molar-refractivity contribution in [2.24, 2.45) is 5.73 Å². The van der Waals surface area contributed by atoms with Gasteiger partial charge in [-0.1, -0.05) is 183 Å². The summed E-state index contributed by atoms with van der Waals surface area (Å²) in [6.07, 6.45) is 54.2. The third-order valence-corrected chi connectivity index (χ3v) is 10.5. The SMILES string of the molecule is CC/C=C\C/C=C\C/C=C\C/C=C\C/C=C\CC(=O)OC(COCCCCCCCCCCCC/C=C\CCCCCCCCCC)COP(=O)(O)OCC(N)C(=O)O. The molecule has 4 N–H and O–H groups in total. The van der Waals surface area contributed by atoms with Gasteiger partial charge in [0.25, 0.3) is 0 Å². The minimum absolute atomic E-state index is 0.0154. The predicted octanol–water partition coefficient (Wildman–Crippen LogP) is 13.0. The standard InChI is InChI=1S/C48H84NO9P/c1-3-5-7-9-11-13-15-17-19-20-21-22-23-24-25-27-29-31-33-35-37-39-41-55-42-45(43-56-59(53,54)57-44-46(49)48(51)52)58-47(50)40-38-36-34-32-30-28-26-18-16-14-12-10-8-6-4-2/h6,8,12,14,18,20-21,26,30,32,36,38,45-46H,3-5,7,9-11,13,15-17,19,22-25,27-29,31,33-35,37,39-44,49H2,1-2H3,(H,51,52)(H,53,54)/b8-6-,14-12-,21-20-,26-18-,32-30-,38-36-. The van der Waals surface area contributed by atoms with E-state index in [0.717, 1.165) is 44.9 Å². The molecule has 0 saturated carbocycles. The number of esters is 1. The van der Waals surface area contributed by atoms with Crippen molar-refractivity contribution in [2.45, 2.75) is 193 Å². The average Bonchev–Trinajstić information content (AvgIpc) is 3.21. The van der Waals surface area contributed by atoms with Crippen molar-refractivity contribution < 1.29 is 42.7 Å². The maximum Gasteiger partial charge on any atom is 0.472 e. The number of hydrogen-bond acceptors (Lipinski definition) is 8. The maximum absolute atomic E-state index is 12.6. The zero-order valence-electron chi connectivity index (χ0n) is 37.1. The summed E-state index contributed by atoms with van der Waals surface area (Å²) in [5.74, 6) is -1.92. The summed E-state index contributed by atoms with van der Waals surface area (Å²) < 4.78 is 33.2. The lowest BCUT2D eigenvalue weighted by molar-refractivity contribution is -0.153. The molecule has 0 bridgehead atoms. The van der Waals surface area contributed by atoms with Crippen LogP contribution in [-0.4, -0.2) is 60.5 Å². The molecule has 59 heavy (non-hydrogen) atoms. The van der Waals surface area contributed by atoms with Crippen molar-refractivity contribution in [1.82, 2.24) is 0 Å². The van der Waals surface area contributed by atoms with Gasteiger partial charge in [-0.3, -0.25) is 18.6 Å². The number of nitrogens with two attached hydrogens (primary N) is 1. The summed E-state index contributed by atoms with van der Waals surface area (Å²) in [7, 11) is -4.65. The number of carboxylic acids is 1. The Morgan fingerprint density at radius 2 is 0.983 bits per heavy atom. The highest BCUT2D eigenvalue weighted by atomic mass is 31.2. The molecule has 10 nitrogen and oxygen atoms in total. The quantitative estimate of drug-likeness (QED) is 0.0234. The van der Waals surface area contributed by atoms with E-state index in [1.54, 1.807) is 6.08 Å². The first kappa shape index (κ1) is 56.4. The van der Waals surface area contributed by atoms with E-state index in [2.05, 4.69) is 68.5 Å². The van der Waals surface area contributed by atoms with E-state index in [0.29, 0.717) is 13.0 Å². The Morgan fingerprint density at radius 1 is 0.559 bits per heavy atom. The Morgan fingerprint density at radius 3 is 1.46 bits per heavy atom. The third kappa shape index (κ3) is 43.3. The number of hydrogen-bond donors (Lipinski definition) is 3. The van der Waals surface area contributed by atoms with Crippen LogP contribution in [0.4, 0.5) is 0 Å². The van der Waals surface area contributed by atoms with Gasteiger partial charge >= 0.3 is 19.8 Å². The van der Waals surface area contributed by atoms with Crippen LogP contribution in [0.2, 0.25) is 0 Å². The van der Waals surface area contributed by atoms with Crippen molar-refractivity contribution in [3.63, 3.8) is 0 Å². The van der Waals surface area contributed by atoms with Gasteiger partial charge < -0.3 is 25.2 Å². The number of carbonyl (C=O) groups is 2. The van der Waals surface area contributed by atoms with Crippen LogP contribution in [0.1, 0.15) is 181 Å². The molecule has 0 fully saturated rings. The highest BCUT2D eigenvalue weighted by Gasteiger charge is 2.27. The lowest BCUT2D eigenvalue weighted by atomic mass is 10.1. The zero-order valence-corrected chi connectivity index (χ0v) is 38.0. The van der Waals surface area contributed by atoms with Crippen LogP contribution in [0.15, 0.2) is 72.9 Å². The molecule has 0 aliphatic rings. The number of unbranched alkanes of at least 4 members (excludes halogenated alkanes) is 18. The third-order valence-electron chi connectivity index (χ3n) is 9.50. The summed E-state index contributed by atoms with van der Waals surface area (Å²) in [6, 6.07) is -1.49. The molecule has 340 valence electrons. The van der Waals surface area contributed by atoms with Crippen LogP contribution in [0, 0.1) is 0 Å². The van der Waals surface area contributed by atoms with Gasteiger partial charge in [0.2, 0.25) is 0 Å². The normalized spacial score (nSPS) is 14.5. The van der Waals surface area contributed by atoms with Crippen LogP contribution in [-0.2, 0) is 32.7 Å². The van der Waals surface area contributed by atoms with Gasteiger partial charge in [-0.15, -0.1) is 0 Å². The van der Waals surface area contributed by atoms with E-state index < -0.39 is 45.1 Å². The number of aliphatic carboxylic acids is 1. The molecule has 11 heteroatoms. The largest absolute Gasteiger partial charge is 0.480 e. The van der Waals surface area contributed by atoms with E-state index in [-0.39, 0.29) is 13.0 Å². The monoisotopic (exact) mass is 850 g/mol. The average molecular weight is 850 g/mol. The molecule has 0 rings (SSSR count). The number of allylic oxidation sites excluding steroid dienone is 11. The Balaban J connectivity index is 4.27. The first-order chi connectivity index (χ1) is 28.7. The fraction of sp³-hybridized carbons (Fsp3) is 0.708. The molecule has 0 aromatic carbocycles. The van der Waals surface area contributed by atoms with Crippen LogP contribution in [0.5, 0.6) is 0 Å². The van der Waals surface area contributed by atoms with Gasteiger partial charge in [-0.2, -0.15) is 0 Å². The van der Waals surface area contributed by atoms with E-state index in [9.17, 15) is 19.0 Å². The van der Waals surface area contributed by atoms with Crippen molar-refractivity contribution in [3.05, 3.63) is 72.9 Å². The molecule has 0 amide bonds. The number of phosphoric ester groups is 1. The second kappa shape index (κ2) is 43.5. The Hall–Kier alpha value is -2.59. The number of carboxylic acid groups (broad SMARTS) is 1. The predicted molar refractivity (Wildman–Crippen MR) is 244 cm³/mol. The lowest BCUT2D eigenvalue weighted by Crippen LogP contribution is -2.34. The van der Waals surface area contributed by atoms with Crippen molar-refractivity contribution in [2.75, 3.05) is 26.4 Å². The summed E-state index contributed by atoms with van der Waals surface area (Å²) in [4.78, 5) is 33.5. The molecular formula is C48H84NO9P. The molecule has 0 aliphatic heterocycles. The van der Waals surface area contributed by atoms with Crippen molar-refractivity contribution >= 4 is 19.8 Å². The molecule has 0 aromatic rings. The van der Waals surface area contributed by atoms with Crippen molar-refractivity contribution in [3.8, 4) is 0 Å². The van der Waals surface area contributed by atoms with E-state index in [1.807, 2.05) is 12.2 Å². The fourth-order valence-corrected chi connectivity index (χ4v) is 6.75. The minimum Gasteiger partial charge on any atom is -0.480 e. The maximum atomic E-state index is 12.6. The minimum atomic E-state index is -4.65. The highest BCUT2D eigenvalue weighted by molar-refractivity contribution is 7.47. The summed E-state index contributed by atoms with van der Waals surface area (Å²) in [6.45, 7) is 3.64. The van der Waals surface area contributed by atoms with Crippen LogP contribution in [0.25, 0.3) is 0 Å². The zero-order chi connectivity index (χ0) is 43.3. The molecule has 3 unspecified atom stereocenters. The number of rotatable bonds is 43. The molecule has 0 spiro atoms. The number of phosphoric acid groups is 1. The topological polar surface area (TPSA) is 155 Å². The van der Waals surface area contributed by atoms with Gasteiger partial charge in [0.05, 0.1) is 26.2 Å². The lowest BCUT2D eigenvalue weighted by Gasteiger charge is -2.20. The number of ether oxygens (including phenoxy) is 2. The van der Waals surface area contributed by atoms with Crippen LogP contribution < -0.4 is 5.73 Å². The first-order valence-corrected chi connectivity index (χ1v) is 24.5. The van der Waals surface area contributed by atoms with E-state index in [1.165, 1.54) is 109 Å². The Kier molecular flexibility index (Phi) is 41.6. The molecule has 3 atom stereocenters. The van der Waals surface area contributed by atoms with E-state index >= 15 is 0 Å². The smallest absolute Gasteiger partial charge is 0.472 e. The molecule has 0 aromatic heterocycles. The van der Waals surface area contributed by atoms with Gasteiger partial charge in [0, 0.05) is 6.61 Å². The molecular weight excluding hydrogens is 766 g/mol. The van der Waals surface area contributed by atoms with Crippen molar-refractivity contribution in [1.29, 1.82) is 0 Å². The first-order valence-electron chi connectivity index (χ1n) is 23.0. The molecule has 0 saturated heterocycles. The highest BCUT2D eigenvalue weighted by Crippen LogP contribution is 2.43. The van der Waals surface area contributed by atoms with Crippen LogP contribution >= 0.6 is 7.82 Å². The molecule has 0 radical (unpaired) electrons. The van der Waals surface area contributed by atoms with E-state index in [4.69, 9.17) is 29.4 Å². The van der Waals surface area contributed by atoms with Gasteiger partial charge in [0.1, 0.15) is 12.1 Å². The summed E-state index contributed by atoms with van der Waals surface area (Å²) in [5.41, 5.74) is 5.35.